The second-order valence-electron chi connectivity index (χ2n) is 5.31. The van der Waals surface area contributed by atoms with Gasteiger partial charge < -0.3 is 5.92 Å². The Morgan fingerprint density at radius 2 is 1.29 bits per heavy atom. The molecule has 0 aromatic heterocycles. The minimum atomic E-state index is -0.639. The molecule has 0 bridgehead atoms. The molecule has 0 heterocycles. The van der Waals surface area contributed by atoms with E-state index < -0.39 is 11.6 Å². The van der Waals surface area contributed by atoms with Gasteiger partial charge in [0.2, 0.25) is 0 Å². The molecule has 0 N–H and O–H groups in total. The van der Waals surface area contributed by atoms with Crippen LogP contribution in [0.3, 0.4) is 0 Å². The van der Waals surface area contributed by atoms with Gasteiger partial charge in [0.25, 0.3) is 0 Å². The molecule has 0 saturated carbocycles. The first kappa shape index (κ1) is 19.5. The summed E-state index contributed by atoms with van der Waals surface area (Å²) in [5.74, 6) is 0.139. The van der Waals surface area contributed by atoms with Gasteiger partial charge in [-0.3, -0.25) is 0 Å². The number of benzene rings is 1. The maximum Gasteiger partial charge on any atom is 0.0139 e. The van der Waals surface area contributed by atoms with E-state index in [2.05, 4.69) is 20.8 Å². The van der Waals surface area contributed by atoms with E-state index >= 15 is 0 Å². The zero-order valence-electron chi connectivity index (χ0n) is 11.5. The average Bonchev–Trinajstić information content (AvgIpc) is 1.98. The Bertz CT molecular complexity index is 304. The fourth-order valence-electron chi connectivity index (χ4n) is 0.934. The van der Waals surface area contributed by atoms with E-state index in [0.717, 1.165) is 0 Å². The number of rotatable bonds is 0. The molecule has 1 aromatic carbocycles. The molecule has 0 atom stereocenters. The van der Waals surface area contributed by atoms with Crippen LogP contribution in [0.5, 0.6) is 0 Å². The summed E-state index contributed by atoms with van der Waals surface area (Å²) in [6.07, 6.45) is 0. The third-order valence-electron chi connectivity index (χ3n) is 1.67. The standard InChI is InChI=1S/C10H11F2.C4H9.Y/c1-10(2,3)7-4-8(11)6-9(12)5-7;1-4(2)3;/h4-5H,1-3H3;1-3H3;/q2*-1;. The molecule has 1 rings (SSSR count). The smallest absolute Gasteiger partial charge is 0.0139 e. The molecule has 0 nitrogen and oxygen atoms in total. The summed E-state index contributed by atoms with van der Waals surface area (Å²) in [7, 11) is 0. The minimum Gasteiger partial charge on any atom is -0.323 e. The average molecular weight is 315 g/mol. The van der Waals surface area contributed by atoms with Crippen LogP contribution in [-0.4, -0.2) is 0 Å². The molecule has 0 unspecified atom stereocenters. The first-order valence-electron chi connectivity index (χ1n) is 5.28. The van der Waals surface area contributed by atoms with E-state index in [0.29, 0.717) is 5.56 Å². The molecule has 17 heavy (non-hydrogen) atoms. The summed E-state index contributed by atoms with van der Waals surface area (Å²) in [5, 5.41) is 0. The van der Waals surface area contributed by atoms with Gasteiger partial charge in [0.1, 0.15) is 0 Å². The Morgan fingerprint density at radius 3 is 1.53 bits per heavy atom. The van der Waals surface area contributed by atoms with Crippen LogP contribution in [0.2, 0.25) is 0 Å². The van der Waals surface area contributed by atoms with Crippen LogP contribution in [0.4, 0.5) is 8.78 Å². The second kappa shape index (κ2) is 8.31. The Hall–Kier alpha value is 0.184. The van der Waals surface area contributed by atoms with Crippen LogP contribution in [-0.2, 0) is 38.1 Å². The maximum atomic E-state index is 12.7. The second-order valence-corrected chi connectivity index (χ2v) is 5.31. The fraction of sp³-hybridized carbons (Fsp3) is 0.500. The summed E-state index contributed by atoms with van der Waals surface area (Å²) in [4.78, 5) is 0. The molecule has 0 aliphatic rings. The van der Waals surface area contributed by atoms with Gasteiger partial charge in [-0.25, -0.2) is 8.78 Å². The van der Waals surface area contributed by atoms with Gasteiger partial charge in [-0.2, -0.15) is 20.8 Å². The SMILES string of the molecule is CC(C)(C)c1cc(F)[c-]c(F)c1.C[C-](C)C.[Y]. The molecule has 0 aliphatic carbocycles. The van der Waals surface area contributed by atoms with Crippen molar-refractivity contribution in [2.24, 2.45) is 0 Å². The first-order chi connectivity index (χ1) is 7.12. The van der Waals surface area contributed by atoms with Gasteiger partial charge in [0.05, 0.1) is 0 Å². The number of hydrogen-bond donors (Lipinski definition) is 0. The summed E-state index contributed by atoms with van der Waals surface area (Å²) in [5.41, 5.74) is 0.424. The van der Waals surface area contributed by atoms with Crippen LogP contribution in [0.15, 0.2) is 12.1 Å². The monoisotopic (exact) mass is 315 g/mol. The predicted octanol–water partition coefficient (Wildman–Crippen LogP) is 4.68. The van der Waals surface area contributed by atoms with Gasteiger partial charge in [-0.15, -0.1) is 23.8 Å². The minimum absolute atomic E-state index is 0. The van der Waals surface area contributed by atoms with Gasteiger partial charge >= 0.3 is 0 Å². The third kappa shape index (κ3) is 9.85. The fourth-order valence-corrected chi connectivity index (χ4v) is 0.934. The van der Waals surface area contributed by atoms with Crippen LogP contribution < -0.4 is 0 Å². The van der Waals surface area contributed by atoms with E-state index in [9.17, 15) is 8.78 Å². The van der Waals surface area contributed by atoms with Crippen molar-refractivity contribution < 1.29 is 41.5 Å². The Morgan fingerprint density at radius 1 is 1.00 bits per heavy atom. The van der Waals surface area contributed by atoms with Crippen molar-refractivity contribution >= 4 is 0 Å². The molecule has 0 amide bonds. The molecule has 95 valence electrons. The van der Waals surface area contributed by atoms with Crippen LogP contribution >= 0.6 is 0 Å². The molecule has 0 fully saturated rings. The van der Waals surface area contributed by atoms with E-state index in [1.54, 1.807) is 0 Å². The largest absolute Gasteiger partial charge is 0.323 e. The first-order valence-corrected chi connectivity index (χ1v) is 5.28. The van der Waals surface area contributed by atoms with Gasteiger partial charge in [-0.05, 0) is 5.41 Å². The third-order valence-corrected chi connectivity index (χ3v) is 1.67. The van der Waals surface area contributed by atoms with Crippen LogP contribution in [0.25, 0.3) is 0 Å². The number of halogens is 2. The van der Waals surface area contributed by atoms with E-state index in [1.165, 1.54) is 18.1 Å². The zero-order valence-corrected chi connectivity index (χ0v) is 14.3. The van der Waals surface area contributed by atoms with Crippen molar-refractivity contribution in [3.63, 3.8) is 0 Å². The van der Waals surface area contributed by atoms with Crippen molar-refractivity contribution in [1.29, 1.82) is 0 Å². The predicted molar refractivity (Wildman–Crippen MR) is 64.2 cm³/mol. The molecule has 1 aromatic rings. The molecule has 1 radical (unpaired) electrons. The molecule has 0 aliphatic heterocycles. The van der Waals surface area contributed by atoms with Crippen LogP contribution in [0, 0.1) is 23.6 Å². The van der Waals surface area contributed by atoms with Gasteiger partial charge in [0.15, 0.2) is 0 Å². The maximum absolute atomic E-state index is 12.7. The van der Waals surface area contributed by atoms with Gasteiger partial charge in [0, 0.05) is 44.3 Å². The van der Waals surface area contributed by atoms with Gasteiger partial charge in [-0.1, -0.05) is 20.8 Å². The Labute approximate surface area is 129 Å². The van der Waals surface area contributed by atoms with Crippen molar-refractivity contribution in [2.75, 3.05) is 0 Å². The molecular weight excluding hydrogens is 295 g/mol. The summed E-state index contributed by atoms with van der Waals surface area (Å²) in [6, 6.07) is 4.57. The molecule has 3 heteroatoms. The summed E-state index contributed by atoms with van der Waals surface area (Å²) >= 11 is 0. The zero-order chi connectivity index (χ0) is 12.9. The molecule has 0 spiro atoms. The van der Waals surface area contributed by atoms with Crippen molar-refractivity contribution in [2.45, 2.75) is 47.0 Å². The normalized spacial score (nSPS) is 10.4. The molecular formula is C14H20F2Y-2. The molecule has 0 saturated heterocycles. The Kier molecular flexibility index (Phi) is 9.55. The Balaban J connectivity index is 0. The quantitative estimate of drug-likeness (QED) is 0.610. The van der Waals surface area contributed by atoms with Crippen LogP contribution in [0.1, 0.15) is 47.1 Å². The summed E-state index contributed by atoms with van der Waals surface area (Å²) < 4.78 is 25.3. The van der Waals surface area contributed by atoms with Crippen molar-refractivity contribution in [1.82, 2.24) is 0 Å². The van der Waals surface area contributed by atoms with Crippen molar-refractivity contribution in [3.8, 4) is 0 Å². The van der Waals surface area contributed by atoms with E-state index in [4.69, 9.17) is 0 Å². The topological polar surface area (TPSA) is 0 Å². The van der Waals surface area contributed by atoms with Crippen molar-refractivity contribution in [3.05, 3.63) is 41.3 Å². The summed E-state index contributed by atoms with van der Waals surface area (Å²) in [6.45, 7) is 12.0. The van der Waals surface area contributed by atoms with E-state index in [-0.39, 0.29) is 38.1 Å². The van der Waals surface area contributed by atoms with E-state index in [1.807, 2.05) is 26.8 Å². The number of hydrogen-bond acceptors (Lipinski definition) is 0.